The predicted octanol–water partition coefficient (Wildman–Crippen LogP) is 2.52. The van der Waals surface area contributed by atoms with Crippen LogP contribution < -0.4 is 4.74 Å². The average molecular weight is 288 g/mol. The maximum absolute atomic E-state index is 10.4. The van der Waals surface area contributed by atoms with Crippen molar-refractivity contribution in [3.63, 3.8) is 0 Å². The molecule has 0 atom stereocenters. The molecule has 1 aromatic carbocycles. The topological polar surface area (TPSA) is 68.4 Å². The summed E-state index contributed by atoms with van der Waals surface area (Å²) in [7, 11) is 1.65. The van der Waals surface area contributed by atoms with Crippen molar-refractivity contribution in [2.24, 2.45) is 0 Å². The van der Waals surface area contributed by atoms with Gasteiger partial charge in [0.15, 0.2) is 5.82 Å². The summed E-state index contributed by atoms with van der Waals surface area (Å²) in [5, 5.41) is 14.4. The van der Waals surface area contributed by atoms with E-state index >= 15 is 0 Å². The van der Waals surface area contributed by atoms with E-state index in [4.69, 9.17) is 9.26 Å². The monoisotopic (exact) mass is 288 g/mol. The van der Waals surface area contributed by atoms with Crippen molar-refractivity contribution in [3.8, 4) is 5.75 Å². The molecule has 2 aromatic rings. The van der Waals surface area contributed by atoms with Gasteiger partial charge in [-0.3, -0.25) is 0 Å². The number of hydrogen-bond donors (Lipinski definition) is 1. The van der Waals surface area contributed by atoms with Crippen molar-refractivity contribution >= 4 is 0 Å². The number of aromatic nitrogens is 2. The normalized spacial score (nSPS) is 17.0. The summed E-state index contributed by atoms with van der Waals surface area (Å²) in [6, 6.07) is 7.80. The summed E-state index contributed by atoms with van der Waals surface area (Å²) >= 11 is 0. The minimum atomic E-state index is -0.649. The summed E-state index contributed by atoms with van der Waals surface area (Å²) in [5.74, 6) is 2.01. The highest BCUT2D eigenvalue weighted by atomic mass is 16.5. The molecule has 1 aromatic heterocycles. The highest BCUT2D eigenvalue weighted by Crippen LogP contribution is 2.32. The Bertz CT molecular complexity index is 586. The molecule has 0 unspecified atom stereocenters. The van der Waals surface area contributed by atoms with Crippen LogP contribution in [0, 0.1) is 0 Å². The number of nitrogens with zero attached hydrogens (tertiary/aromatic N) is 2. The number of hydrogen-bond acceptors (Lipinski definition) is 5. The SMILES string of the molecule is COc1ccc(Cc2noc(CC3(O)CCCC3)n2)cc1. The van der Waals surface area contributed by atoms with E-state index in [1.165, 1.54) is 0 Å². The highest BCUT2D eigenvalue weighted by molar-refractivity contribution is 5.28. The zero-order chi connectivity index (χ0) is 14.7. The predicted molar refractivity (Wildman–Crippen MR) is 77.2 cm³/mol. The van der Waals surface area contributed by atoms with Crippen LogP contribution >= 0.6 is 0 Å². The van der Waals surface area contributed by atoms with Gasteiger partial charge in [-0.2, -0.15) is 4.98 Å². The molecule has 0 saturated heterocycles. The second-order valence-corrected chi connectivity index (χ2v) is 5.74. The van der Waals surface area contributed by atoms with Gasteiger partial charge in [0.2, 0.25) is 5.89 Å². The molecular formula is C16H20N2O3. The molecule has 1 fully saturated rings. The maximum Gasteiger partial charge on any atom is 0.229 e. The first-order valence-corrected chi connectivity index (χ1v) is 7.34. The van der Waals surface area contributed by atoms with Gasteiger partial charge in [0, 0.05) is 6.42 Å². The standard InChI is InChI=1S/C16H20N2O3/c1-20-13-6-4-12(5-7-13)10-14-17-15(21-18-14)11-16(19)8-2-3-9-16/h4-7,19H,2-3,8-11H2,1H3. The van der Waals surface area contributed by atoms with Crippen molar-refractivity contribution in [2.75, 3.05) is 7.11 Å². The summed E-state index contributed by atoms with van der Waals surface area (Å²) in [6.07, 6.45) is 4.87. The second kappa shape index (κ2) is 5.85. The summed E-state index contributed by atoms with van der Waals surface area (Å²) in [5.41, 5.74) is 0.451. The minimum Gasteiger partial charge on any atom is -0.497 e. The first-order valence-electron chi connectivity index (χ1n) is 7.34. The van der Waals surface area contributed by atoms with Crippen molar-refractivity contribution < 1.29 is 14.4 Å². The molecule has 0 radical (unpaired) electrons. The zero-order valence-electron chi connectivity index (χ0n) is 12.2. The lowest BCUT2D eigenvalue weighted by Gasteiger charge is -2.18. The van der Waals surface area contributed by atoms with E-state index in [2.05, 4.69) is 10.1 Å². The van der Waals surface area contributed by atoms with E-state index in [-0.39, 0.29) is 0 Å². The minimum absolute atomic E-state index is 0.461. The molecule has 1 saturated carbocycles. The lowest BCUT2D eigenvalue weighted by Crippen LogP contribution is -2.27. The molecule has 1 aliphatic rings. The molecule has 1 heterocycles. The second-order valence-electron chi connectivity index (χ2n) is 5.74. The third kappa shape index (κ3) is 3.42. The van der Waals surface area contributed by atoms with Gasteiger partial charge in [-0.15, -0.1) is 0 Å². The van der Waals surface area contributed by atoms with Crippen LogP contribution in [0.25, 0.3) is 0 Å². The zero-order valence-corrected chi connectivity index (χ0v) is 12.2. The van der Waals surface area contributed by atoms with Gasteiger partial charge in [-0.25, -0.2) is 0 Å². The molecule has 3 rings (SSSR count). The summed E-state index contributed by atoms with van der Waals surface area (Å²) in [4.78, 5) is 4.39. The Morgan fingerprint density at radius 2 is 1.95 bits per heavy atom. The fourth-order valence-electron chi connectivity index (χ4n) is 2.85. The largest absolute Gasteiger partial charge is 0.497 e. The van der Waals surface area contributed by atoms with E-state index in [1.807, 2.05) is 24.3 Å². The quantitative estimate of drug-likeness (QED) is 0.915. The van der Waals surface area contributed by atoms with Crippen LogP contribution in [0.1, 0.15) is 43.0 Å². The van der Waals surface area contributed by atoms with E-state index in [1.54, 1.807) is 7.11 Å². The van der Waals surface area contributed by atoms with Crippen LogP contribution in [0.3, 0.4) is 0 Å². The molecule has 112 valence electrons. The van der Waals surface area contributed by atoms with Crippen molar-refractivity contribution in [3.05, 3.63) is 41.5 Å². The smallest absolute Gasteiger partial charge is 0.229 e. The van der Waals surface area contributed by atoms with Gasteiger partial charge in [0.25, 0.3) is 0 Å². The molecule has 1 N–H and O–H groups in total. The van der Waals surface area contributed by atoms with Gasteiger partial charge in [0.05, 0.1) is 19.1 Å². The van der Waals surface area contributed by atoms with Crippen LogP contribution in [0.15, 0.2) is 28.8 Å². The average Bonchev–Trinajstić information content (AvgIpc) is 3.10. The van der Waals surface area contributed by atoms with E-state index < -0.39 is 5.60 Å². The summed E-state index contributed by atoms with van der Waals surface area (Å²) < 4.78 is 10.4. The van der Waals surface area contributed by atoms with Crippen molar-refractivity contribution in [1.82, 2.24) is 10.1 Å². The number of ether oxygens (including phenoxy) is 1. The third-order valence-corrected chi connectivity index (χ3v) is 4.05. The molecule has 5 nitrogen and oxygen atoms in total. The lowest BCUT2D eigenvalue weighted by molar-refractivity contribution is 0.0402. The molecule has 0 bridgehead atoms. The number of benzene rings is 1. The van der Waals surface area contributed by atoms with Crippen LogP contribution in [-0.4, -0.2) is 28.0 Å². The Morgan fingerprint density at radius 1 is 1.24 bits per heavy atom. The number of methoxy groups -OCH3 is 1. The third-order valence-electron chi connectivity index (χ3n) is 4.05. The van der Waals surface area contributed by atoms with Gasteiger partial charge in [-0.05, 0) is 30.5 Å². The fourth-order valence-corrected chi connectivity index (χ4v) is 2.85. The molecule has 0 amide bonds. The first kappa shape index (κ1) is 14.1. The number of aliphatic hydroxyl groups is 1. The van der Waals surface area contributed by atoms with Crippen LogP contribution in [0.4, 0.5) is 0 Å². The van der Waals surface area contributed by atoms with E-state index in [0.717, 1.165) is 37.0 Å². The Balaban J connectivity index is 1.64. The van der Waals surface area contributed by atoms with Gasteiger partial charge in [-0.1, -0.05) is 30.1 Å². The lowest BCUT2D eigenvalue weighted by atomic mass is 9.98. The number of rotatable bonds is 5. The molecular weight excluding hydrogens is 268 g/mol. The summed E-state index contributed by atoms with van der Waals surface area (Å²) in [6.45, 7) is 0. The Kier molecular flexibility index (Phi) is 3.92. The molecule has 21 heavy (non-hydrogen) atoms. The van der Waals surface area contributed by atoms with Crippen LogP contribution in [0.5, 0.6) is 5.75 Å². The maximum atomic E-state index is 10.4. The van der Waals surface area contributed by atoms with Gasteiger partial charge in [0.1, 0.15) is 5.75 Å². The van der Waals surface area contributed by atoms with E-state index in [9.17, 15) is 5.11 Å². The Morgan fingerprint density at radius 3 is 2.62 bits per heavy atom. The van der Waals surface area contributed by atoms with Gasteiger partial charge >= 0.3 is 0 Å². The molecule has 0 aliphatic heterocycles. The Hall–Kier alpha value is -1.88. The molecule has 1 aliphatic carbocycles. The molecule has 5 heteroatoms. The van der Waals surface area contributed by atoms with Crippen LogP contribution in [-0.2, 0) is 12.8 Å². The highest BCUT2D eigenvalue weighted by Gasteiger charge is 2.33. The van der Waals surface area contributed by atoms with Gasteiger partial charge < -0.3 is 14.4 Å². The van der Waals surface area contributed by atoms with Crippen molar-refractivity contribution in [2.45, 2.75) is 44.1 Å². The van der Waals surface area contributed by atoms with E-state index in [0.29, 0.717) is 24.6 Å². The van der Waals surface area contributed by atoms with Crippen molar-refractivity contribution in [1.29, 1.82) is 0 Å². The van der Waals surface area contributed by atoms with Crippen LogP contribution in [0.2, 0.25) is 0 Å². The fraction of sp³-hybridized carbons (Fsp3) is 0.500. The Labute approximate surface area is 123 Å². The first-order chi connectivity index (χ1) is 10.2. The molecule has 0 spiro atoms.